The first-order chi connectivity index (χ1) is 8.82. The Bertz CT molecular complexity index is 726. The van der Waals surface area contributed by atoms with Gasteiger partial charge in [0.25, 0.3) is 0 Å². The van der Waals surface area contributed by atoms with Crippen molar-refractivity contribution in [1.29, 1.82) is 0 Å². The van der Waals surface area contributed by atoms with Gasteiger partial charge in [-0.25, -0.2) is 8.42 Å². The van der Waals surface area contributed by atoms with Crippen molar-refractivity contribution in [2.24, 2.45) is 0 Å². The highest BCUT2D eigenvalue weighted by molar-refractivity contribution is 7.99. The fraction of sp³-hybridized carbons (Fsp3) is 0.182. The number of anilines is 1. The van der Waals surface area contributed by atoms with E-state index in [1.165, 1.54) is 11.8 Å². The zero-order chi connectivity index (χ0) is 14.2. The molecule has 0 amide bonds. The summed E-state index contributed by atoms with van der Waals surface area (Å²) in [7, 11) is -3.36. The lowest BCUT2D eigenvalue weighted by Gasteiger charge is -2.10. The predicted octanol–water partition coefficient (Wildman–Crippen LogP) is 2.44. The molecule has 0 saturated carbocycles. The summed E-state index contributed by atoms with van der Waals surface area (Å²) in [5.41, 5.74) is 6.79. The number of H-pyrrole nitrogens is 1. The minimum atomic E-state index is -3.36. The van der Waals surface area contributed by atoms with Gasteiger partial charge in [-0.3, -0.25) is 5.10 Å². The molecule has 1 aromatic heterocycles. The predicted molar refractivity (Wildman–Crippen MR) is 78.3 cm³/mol. The van der Waals surface area contributed by atoms with Crippen LogP contribution in [0.4, 0.5) is 5.82 Å². The summed E-state index contributed by atoms with van der Waals surface area (Å²) in [5.74, 6) is 0.334. The molecule has 0 aliphatic carbocycles. The minimum absolute atomic E-state index is 0.204. The molecule has 1 heterocycles. The average Bonchev–Trinajstić information content (AvgIpc) is 2.73. The molecule has 5 nitrogen and oxygen atoms in total. The average molecular weight is 318 g/mol. The van der Waals surface area contributed by atoms with Gasteiger partial charge in [0.2, 0.25) is 0 Å². The fourth-order valence-corrected chi connectivity index (χ4v) is 4.20. The molecule has 2 aromatic rings. The largest absolute Gasteiger partial charge is 0.382 e. The van der Waals surface area contributed by atoms with Gasteiger partial charge in [-0.2, -0.15) is 5.10 Å². The van der Waals surface area contributed by atoms with E-state index in [-0.39, 0.29) is 4.90 Å². The van der Waals surface area contributed by atoms with Gasteiger partial charge in [0.1, 0.15) is 5.82 Å². The smallest absolute Gasteiger partial charge is 0.176 e. The van der Waals surface area contributed by atoms with Gasteiger partial charge in [-0.1, -0.05) is 11.6 Å². The van der Waals surface area contributed by atoms with Crippen molar-refractivity contribution in [2.75, 3.05) is 18.2 Å². The van der Waals surface area contributed by atoms with E-state index in [2.05, 4.69) is 10.2 Å². The van der Waals surface area contributed by atoms with E-state index < -0.39 is 9.84 Å². The van der Waals surface area contributed by atoms with Gasteiger partial charge in [0, 0.05) is 22.8 Å². The van der Waals surface area contributed by atoms with E-state index in [9.17, 15) is 8.42 Å². The van der Waals surface area contributed by atoms with Gasteiger partial charge in [0.05, 0.1) is 15.6 Å². The molecule has 1 aromatic carbocycles. The second-order valence-electron chi connectivity index (χ2n) is 3.97. The Morgan fingerprint density at radius 2 is 2.05 bits per heavy atom. The van der Waals surface area contributed by atoms with Crippen LogP contribution in [0.1, 0.15) is 0 Å². The second kappa shape index (κ2) is 5.07. The molecule has 0 fully saturated rings. The van der Waals surface area contributed by atoms with Crippen LogP contribution in [0.25, 0.3) is 11.3 Å². The topological polar surface area (TPSA) is 88.8 Å². The molecule has 8 heteroatoms. The number of halogens is 1. The fourth-order valence-electron chi connectivity index (χ4n) is 1.68. The van der Waals surface area contributed by atoms with E-state index in [1.807, 2.05) is 0 Å². The van der Waals surface area contributed by atoms with Crippen LogP contribution in [0.2, 0.25) is 5.02 Å². The number of sulfone groups is 1. The number of nitrogen functional groups attached to an aromatic ring is 1. The first-order valence-electron chi connectivity index (χ1n) is 5.21. The summed E-state index contributed by atoms with van der Waals surface area (Å²) in [6, 6.07) is 4.88. The highest BCUT2D eigenvalue weighted by Crippen LogP contribution is 2.36. The van der Waals surface area contributed by atoms with Crippen LogP contribution >= 0.6 is 23.4 Å². The van der Waals surface area contributed by atoms with E-state index in [0.717, 1.165) is 6.26 Å². The zero-order valence-corrected chi connectivity index (χ0v) is 12.7. The number of aromatic amines is 1. The number of hydrogen-bond donors (Lipinski definition) is 2. The van der Waals surface area contributed by atoms with Crippen LogP contribution < -0.4 is 5.73 Å². The summed E-state index contributed by atoms with van der Waals surface area (Å²) in [5, 5.41) is 6.93. The van der Waals surface area contributed by atoms with Crippen LogP contribution in [0.5, 0.6) is 0 Å². The normalized spacial score (nSPS) is 11.7. The zero-order valence-electron chi connectivity index (χ0n) is 10.3. The number of rotatable bonds is 3. The SMILES string of the molecule is CSc1c(Cl)cc(-c2cc(N)n[nH]2)cc1S(C)(=O)=O. The molecule has 0 unspecified atom stereocenters. The van der Waals surface area contributed by atoms with Gasteiger partial charge < -0.3 is 5.73 Å². The van der Waals surface area contributed by atoms with Crippen molar-refractivity contribution >= 4 is 39.0 Å². The van der Waals surface area contributed by atoms with Gasteiger partial charge in [0.15, 0.2) is 9.84 Å². The number of hydrogen-bond acceptors (Lipinski definition) is 5. The van der Waals surface area contributed by atoms with Crippen LogP contribution in [0, 0.1) is 0 Å². The molecule has 3 N–H and O–H groups in total. The third-order valence-electron chi connectivity index (χ3n) is 2.52. The number of thioether (sulfide) groups is 1. The molecule has 0 saturated heterocycles. The summed E-state index contributed by atoms with van der Waals surface area (Å²) in [4.78, 5) is 0.746. The van der Waals surface area contributed by atoms with E-state index >= 15 is 0 Å². The van der Waals surface area contributed by atoms with E-state index in [1.54, 1.807) is 24.5 Å². The van der Waals surface area contributed by atoms with Crippen molar-refractivity contribution in [1.82, 2.24) is 10.2 Å². The quantitative estimate of drug-likeness (QED) is 0.849. The lowest BCUT2D eigenvalue weighted by atomic mass is 10.1. The number of nitrogens with zero attached hydrogens (tertiary/aromatic N) is 1. The molecule has 0 atom stereocenters. The molecular weight excluding hydrogens is 306 g/mol. The van der Waals surface area contributed by atoms with Crippen LogP contribution in [0.3, 0.4) is 0 Å². The Morgan fingerprint density at radius 3 is 2.53 bits per heavy atom. The van der Waals surface area contributed by atoms with E-state index in [4.69, 9.17) is 17.3 Å². The molecule has 0 spiro atoms. The molecule has 0 aliphatic heterocycles. The van der Waals surface area contributed by atoms with Crippen molar-refractivity contribution < 1.29 is 8.42 Å². The number of nitrogens with one attached hydrogen (secondary N) is 1. The lowest BCUT2D eigenvalue weighted by molar-refractivity contribution is 0.600. The second-order valence-corrected chi connectivity index (χ2v) is 7.18. The number of nitrogens with two attached hydrogens (primary N) is 1. The summed E-state index contributed by atoms with van der Waals surface area (Å²) < 4.78 is 23.7. The first-order valence-corrected chi connectivity index (χ1v) is 8.71. The highest BCUT2D eigenvalue weighted by atomic mass is 35.5. The third-order valence-corrected chi connectivity index (χ3v) is 5.03. The summed E-state index contributed by atoms with van der Waals surface area (Å²) in [6.07, 6.45) is 2.94. The number of aromatic nitrogens is 2. The van der Waals surface area contributed by atoms with Gasteiger partial charge in [-0.05, 0) is 18.4 Å². The number of benzene rings is 1. The standard InChI is InChI=1S/C11H12ClN3O2S2/c1-18-11-7(12)3-6(4-9(11)19(2,16)17)8-5-10(13)15-14-8/h3-5H,1-2H3,(H3,13,14,15). The van der Waals surface area contributed by atoms with Crippen molar-refractivity contribution in [2.45, 2.75) is 9.79 Å². The maximum absolute atomic E-state index is 11.8. The highest BCUT2D eigenvalue weighted by Gasteiger charge is 2.18. The molecule has 0 radical (unpaired) electrons. The third kappa shape index (κ3) is 2.88. The Labute approximate surface area is 120 Å². The van der Waals surface area contributed by atoms with Crippen LogP contribution in [-0.2, 0) is 9.84 Å². The summed E-state index contributed by atoms with van der Waals surface area (Å²) >= 11 is 7.44. The van der Waals surface area contributed by atoms with Crippen LogP contribution in [0.15, 0.2) is 28.0 Å². The van der Waals surface area contributed by atoms with Crippen molar-refractivity contribution in [3.05, 3.63) is 23.2 Å². The summed E-state index contributed by atoms with van der Waals surface area (Å²) in [6.45, 7) is 0. The van der Waals surface area contributed by atoms with Crippen molar-refractivity contribution in [3.63, 3.8) is 0 Å². The minimum Gasteiger partial charge on any atom is -0.382 e. The molecule has 19 heavy (non-hydrogen) atoms. The molecular formula is C11H12ClN3O2S2. The lowest BCUT2D eigenvalue weighted by Crippen LogP contribution is -2.00. The Balaban J connectivity index is 2.70. The molecule has 2 rings (SSSR count). The van der Waals surface area contributed by atoms with Gasteiger partial charge >= 0.3 is 0 Å². The molecule has 0 bridgehead atoms. The Morgan fingerprint density at radius 1 is 1.37 bits per heavy atom. The maximum atomic E-state index is 11.8. The van der Waals surface area contributed by atoms with E-state index in [0.29, 0.717) is 27.0 Å². The maximum Gasteiger partial charge on any atom is 0.176 e. The Hall–Kier alpha value is -1.18. The van der Waals surface area contributed by atoms with Gasteiger partial charge in [-0.15, -0.1) is 11.8 Å². The van der Waals surface area contributed by atoms with Crippen molar-refractivity contribution in [3.8, 4) is 11.3 Å². The monoisotopic (exact) mass is 317 g/mol. The Kier molecular flexibility index (Phi) is 3.80. The molecule has 0 aliphatic rings. The molecule has 102 valence electrons. The van der Waals surface area contributed by atoms with Crippen LogP contribution in [-0.4, -0.2) is 31.1 Å². The first kappa shape index (κ1) is 14.2.